The van der Waals surface area contributed by atoms with Crippen molar-refractivity contribution in [3.63, 3.8) is 0 Å². The molecule has 0 unspecified atom stereocenters. The maximum absolute atomic E-state index is 10.00. The number of hydrogen-bond acceptors (Lipinski definition) is 2. The number of hydrogen-bond donors (Lipinski definition) is 1. The molecule has 10 heavy (non-hydrogen) atoms. The minimum absolute atomic E-state index is 0.273. The van der Waals surface area contributed by atoms with E-state index in [1.807, 2.05) is 0 Å². The third-order valence-electron chi connectivity index (χ3n) is 0.901. The number of thioether (sulfide) groups is 1. The number of carbonyl (C=O) groups is 1. The highest BCUT2D eigenvalue weighted by atomic mass is 35.5. The quantitative estimate of drug-likeness (QED) is 0.503. The second-order valence-corrected chi connectivity index (χ2v) is 3.40. The topological polar surface area (TPSA) is 37.3 Å². The van der Waals surface area contributed by atoms with Crippen molar-refractivity contribution in [3.05, 3.63) is 0 Å². The van der Waals surface area contributed by atoms with Crippen LogP contribution >= 0.6 is 23.4 Å². The van der Waals surface area contributed by atoms with E-state index < -0.39 is 5.97 Å². The standard InChI is InChI=1S/C6H11ClO2S/c7-3-5-10-4-1-2-6(8)9/h1-5H2,(H,8,9). The summed E-state index contributed by atoms with van der Waals surface area (Å²) < 4.78 is 0. The lowest BCUT2D eigenvalue weighted by Gasteiger charge is -1.94. The molecule has 0 aromatic carbocycles. The van der Waals surface area contributed by atoms with Crippen LogP contribution in [0.5, 0.6) is 0 Å². The van der Waals surface area contributed by atoms with Crippen LogP contribution in [0, 0.1) is 0 Å². The van der Waals surface area contributed by atoms with Crippen molar-refractivity contribution in [1.29, 1.82) is 0 Å². The number of alkyl halides is 1. The molecule has 60 valence electrons. The van der Waals surface area contributed by atoms with Crippen LogP contribution in [-0.2, 0) is 4.79 Å². The SMILES string of the molecule is O=C(O)CCCSCCCl. The van der Waals surface area contributed by atoms with Gasteiger partial charge in [-0.2, -0.15) is 11.8 Å². The molecule has 0 aromatic heterocycles. The average Bonchev–Trinajstić information content (AvgIpc) is 1.87. The molecule has 0 heterocycles. The van der Waals surface area contributed by atoms with Crippen molar-refractivity contribution in [2.75, 3.05) is 17.4 Å². The molecule has 0 saturated carbocycles. The van der Waals surface area contributed by atoms with Crippen molar-refractivity contribution < 1.29 is 9.90 Å². The lowest BCUT2D eigenvalue weighted by molar-refractivity contribution is -0.137. The maximum Gasteiger partial charge on any atom is 0.303 e. The molecule has 4 heteroatoms. The van der Waals surface area contributed by atoms with Gasteiger partial charge in [0.05, 0.1) is 0 Å². The van der Waals surface area contributed by atoms with E-state index in [2.05, 4.69) is 0 Å². The van der Waals surface area contributed by atoms with E-state index >= 15 is 0 Å². The molecular formula is C6H11ClO2S. The van der Waals surface area contributed by atoms with Crippen molar-refractivity contribution in [2.45, 2.75) is 12.8 Å². The van der Waals surface area contributed by atoms with Gasteiger partial charge in [-0.15, -0.1) is 11.6 Å². The number of carboxylic acid groups (broad SMARTS) is 1. The van der Waals surface area contributed by atoms with Gasteiger partial charge in [-0.1, -0.05) is 0 Å². The molecule has 0 aromatic rings. The monoisotopic (exact) mass is 182 g/mol. The summed E-state index contributed by atoms with van der Waals surface area (Å²) in [5.74, 6) is 1.75. The first-order valence-corrected chi connectivity index (χ1v) is 4.82. The third-order valence-corrected chi connectivity index (χ3v) is 2.38. The Bertz CT molecular complexity index is 97.7. The zero-order chi connectivity index (χ0) is 7.82. The normalized spacial score (nSPS) is 9.70. The van der Waals surface area contributed by atoms with Crippen LogP contribution in [0.3, 0.4) is 0 Å². The summed E-state index contributed by atoms with van der Waals surface area (Å²) in [5.41, 5.74) is 0. The maximum atomic E-state index is 10.00. The Morgan fingerprint density at radius 2 is 2.20 bits per heavy atom. The van der Waals surface area contributed by atoms with Gasteiger partial charge in [-0.25, -0.2) is 0 Å². The molecule has 0 bridgehead atoms. The highest BCUT2D eigenvalue weighted by Crippen LogP contribution is 2.04. The molecule has 0 atom stereocenters. The molecule has 0 rings (SSSR count). The lowest BCUT2D eigenvalue weighted by Crippen LogP contribution is -1.95. The zero-order valence-electron chi connectivity index (χ0n) is 5.68. The first-order chi connectivity index (χ1) is 4.77. The highest BCUT2D eigenvalue weighted by Gasteiger charge is 1.95. The lowest BCUT2D eigenvalue weighted by atomic mass is 10.3. The summed E-state index contributed by atoms with van der Waals surface area (Å²) in [7, 11) is 0. The van der Waals surface area contributed by atoms with Gasteiger partial charge in [0.1, 0.15) is 0 Å². The third kappa shape index (κ3) is 8.11. The van der Waals surface area contributed by atoms with Crippen molar-refractivity contribution in [1.82, 2.24) is 0 Å². The van der Waals surface area contributed by atoms with Gasteiger partial charge in [-0.05, 0) is 12.2 Å². The molecule has 0 aliphatic heterocycles. The van der Waals surface area contributed by atoms with E-state index in [4.69, 9.17) is 16.7 Å². The van der Waals surface area contributed by atoms with E-state index in [1.165, 1.54) is 0 Å². The summed E-state index contributed by atoms with van der Waals surface area (Å²) in [5, 5.41) is 8.23. The number of aliphatic carboxylic acids is 1. The van der Waals surface area contributed by atoms with Gasteiger partial charge >= 0.3 is 5.97 Å². The zero-order valence-corrected chi connectivity index (χ0v) is 7.25. The first kappa shape index (κ1) is 10.1. The van der Waals surface area contributed by atoms with Crippen LogP contribution in [0.1, 0.15) is 12.8 Å². The molecule has 0 spiro atoms. The fraction of sp³-hybridized carbons (Fsp3) is 0.833. The van der Waals surface area contributed by atoms with E-state index in [-0.39, 0.29) is 6.42 Å². The second kappa shape index (κ2) is 7.22. The molecule has 0 amide bonds. The molecule has 0 saturated heterocycles. The van der Waals surface area contributed by atoms with E-state index in [0.717, 1.165) is 17.9 Å². The fourth-order valence-corrected chi connectivity index (χ4v) is 1.47. The summed E-state index contributed by atoms with van der Waals surface area (Å²) >= 11 is 7.11. The molecule has 0 aliphatic rings. The van der Waals surface area contributed by atoms with Crippen LogP contribution in [0.4, 0.5) is 0 Å². The summed E-state index contributed by atoms with van der Waals surface area (Å²) in [6, 6.07) is 0. The van der Waals surface area contributed by atoms with Crippen LogP contribution in [0.25, 0.3) is 0 Å². The van der Waals surface area contributed by atoms with Gasteiger partial charge < -0.3 is 5.11 Å². The number of halogens is 1. The Balaban J connectivity index is 2.84. The van der Waals surface area contributed by atoms with Crippen LogP contribution < -0.4 is 0 Å². The predicted octanol–water partition coefficient (Wildman–Crippen LogP) is 1.82. The Morgan fingerprint density at radius 3 is 2.70 bits per heavy atom. The van der Waals surface area contributed by atoms with Gasteiger partial charge in [0, 0.05) is 18.1 Å². The summed E-state index contributed by atoms with van der Waals surface area (Å²) in [6.07, 6.45) is 1.02. The average molecular weight is 183 g/mol. The predicted molar refractivity (Wildman–Crippen MR) is 44.9 cm³/mol. The van der Waals surface area contributed by atoms with Gasteiger partial charge in [0.15, 0.2) is 0 Å². The van der Waals surface area contributed by atoms with Crippen molar-refractivity contribution in [2.24, 2.45) is 0 Å². The molecular weight excluding hydrogens is 172 g/mol. The molecule has 0 radical (unpaired) electrons. The van der Waals surface area contributed by atoms with E-state index in [1.54, 1.807) is 11.8 Å². The molecule has 2 nitrogen and oxygen atoms in total. The molecule has 0 aliphatic carbocycles. The highest BCUT2D eigenvalue weighted by molar-refractivity contribution is 7.99. The Kier molecular flexibility index (Phi) is 7.30. The molecule has 1 N–H and O–H groups in total. The minimum Gasteiger partial charge on any atom is -0.481 e. The fourth-order valence-electron chi connectivity index (χ4n) is 0.482. The van der Waals surface area contributed by atoms with Crippen LogP contribution in [0.2, 0.25) is 0 Å². The molecule has 0 fully saturated rings. The number of rotatable bonds is 6. The van der Waals surface area contributed by atoms with E-state index in [0.29, 0.717) is 5.88 Å². The smallest absolute Gasteiger partial charge is 0.303 e. The summed E-state index contributed by atoms with van der Waals surface area (Å²) in [6.45, 7) is 0. The van der Waals surface area contributed by atoms with Crippen molar-refractivity contribution >= 4 is 29.3 Å². The Morgan fingerprint density at radius 1 is 1.50 bits per heavy atom. The Labute approximate surface area is 69.9 Å². The van der Waals surface area contributed by atoms with Crippen LogP contribution in [0.15, 0.2) is 0 Å². The summed E-state index contributed by atoms with van der Waals surface area (Å²) in [4.78, 5) is 10.00. The second-order valence-electron chi connectivity index (χ2n) is 1.80. The first-order valence-electron chi connectivity index (χ1n) is 3.13. The van der Waals surface area contributed by atoms with Gasteiger partial charge in [-0.3, -0.25) is 4.79 Å². The number of carboxylic acids is 1. The minimum atomic E-state index is -0.716. The Hall–Kier alpha value is 0.110. The largest absolute Gasteiger partial charge is 0.481 e. The van der Waals surface area contributed by atoms with Gasteiger partial charge in [0.2, 0.25) is 0 Å². The van der Waals surface area contributed by atoms with Crippen molar-refractivity contribution in [3.8, 4) is 0 Å². The van der Waals surface area contributed by atoms with E-state index in [9.17, 15) is 4.79 Å². The van der Waals surface area contributed by atoms with Gasteiger partial charge in [0.25, 0.3) is 0 Å². The van der Waals surface area contributed by atoms with Crippen LogP contribution in [-0.4, -0.2) is 28.5 Å².